The van der Waals surface area contributed by atoms with Gasteiger partial charge in [0, 0.05) is 11.8 Å². The van der Waals surface area contributed by atoms with Gasteiger partial charge in [0.25, 0.3) is 0 Å². The van der Waals surface area contributed by atoms with E-state index in [1.807, 2.05) is 32.0 Å². The molecule has 1 N–H and O–H groups in total. The van der Waals surface area contributed by atoms with Crippen LogP contribution in [0, 0.1) is 13.8 Å². The first kappa shape index (κ1) is 8.74. The maximum Gasteiger partial charge on any atom is 0.233 e. The number of nitrogens with zero attached hydrogens (tertiary/aromatic N) is 2. The van der Waals surface area contributed by atoms with Gasteiger partial charge >= 0.3 is 0 Å². The Balaban J connectivity index is 2.23. The van der Waals surface area contributed by atoms with Gasteiger partial charge < -0.3 is 9.84 Å². The molecular formula is C10H11N3O. The topological polar surface area (TPSA) is 51.0 Å². The molecule has 0 atom stereocenters. The zero-order valence-corrected chi connectivity index (χ0v) is 8.11. The van der Waals surface area contributed by atoms with Gasteiger partial charge in [-0.25, -0.2) is 4.98 Å². The van der Waals surface area contributed by atoms with Crippen molar-refractivity contribution in [1.82, 2.24) is 10.1 Å². The molecule has 0 saturated carbocycles. The standard InChI is InChI=1S/C10H11N3O/c1-7-8(2)13-14-10(7)12-9-5-3-4-6-11-9/h3-6H,1-2H3,(H,11,12). The van der Waals surface area contributed by atoms with Crippen molar-refractivity contribution in [3.8, 4) is 0 Å². The first-order valence-corrected chi connectivity index (χ1v) is 4.38. The van der Waals surface area contributed by atoms with Crippen molar-refractivity contribution in [2.45, 2.75) is 13.8 Å². The highest BCUT2D eigenvalue weighted by molar-refractivity contribution is 5.53. The second-order valence-electron chi connectivity index (χ2n) is 3.06. The van der Waals surface area contributed by atoms with Crippen molar-refractivity contribution in [1.29, 1.82) is 0 Å². The van der Waals surface area contributed by atoms with E-state index in [0.29, 0.717) is 5.88 Å². The summed E-state index contributed by atoms with van der Waals surface area (Å²) in [6, 6.07) is 5.65. The van der Waals surface area contributed by atoms with Crippen LogP contribution >= 0.6 is 0 Å². The van der Waals surface area contributed by atoms with Crippen molar-refractivity contribution in [3.63, 3.8) is 0 Å². The van der Waals surface area contributed by atoms with Crippen LogP contribution in [0.1, 0.15) is 11.3 Å². The average Bonchev–Trinajstić information content (AvgIpc) is 2.52. The van der Waals surface area contributed by atoms with Crippen molar-refractivity contribution >= 4 is 11.7 Å². The SMILES string of the molecule is Cc1noc(Nc2ccccn2)c1C. The Kier molecular flexibility index (Phi) is 2.18. The Morgan fingerprint density at radius 2 is 2.14 bits per heavy atom. The minimum Gasteiger partial charge on any atom is -0.338 e. The fourth-order valence-corrected chi connectivity index (χ4v) is 1.08. The van der Waals surface area contributed by atoms with E-state index < -0.39 is 0 Å². The monoisotopic (exact) mass is 189 g/mol. The first-order chi connectivity index (χ1) is 6.77. The fraction of sp³-hybridized carbons (Fsp3) is 0.200. The van der Waals surface area contributed by atoms with E-state index in [-0.39, 0.29) is 0 Å². The molecule has 0 unspecified atom stereocenters. The van der Waals surface area contributed by atoms with E-state index in [9.17, 15) is 0 Å². The number of anilines is 2. The zero-order chi connectivity index (χ0) is 9.97. The van der Waals surface area contributed by atoms with Gasteiger partial charge in [0.1, 0.15) is 5.82 Å². The average molecular weight is 189 g/mol. The molecule has 0 amide bonds. The van der Waals surface area contributed by atoms with Crippen molar-refractivity contribution < 1.29 is 4.52 Å². The largest absolute Gasteiger partial charge is 0.338 e. The van der Waals surface area contributed by atoms with Crippen LogP contribution < -0.4 is 5.32 Å². The van der Waals surface area contributed by atoms with Gasteiger partial charge in [-0.2, -0.15) is 0 Å². The van der Waals surface area contributed by atoms with Crippen molar-refractivity contribution in [3.05, 3.63) is 35.7 Å². The molecule has 14 heavy (non-hydrogen) atoms. The molecule has 4 heteroatoms. The summed E-state index contributed by atoms with van der Waals surface area (Å²) in [5, 5.41) is 6.90. The predicted molar refractivity (Wildman–Crippen MR) is 53.5 cm³/mol. The molecular weight excluding hydrogens is 178 g/mol. The Morgan fingerprint density at radius 3 is 2.71 bits per heavy atom. The van der Waals surface area contributed by atoms with Gasteiger partial charge in [-0.3, -0.25) is 0 Å². The molecule has 0 aliphatic rings. The van der Waals surface area contributed by atoms with Crippen molar-refractivity contribution in [2.75, 3.05) is 5.32 Å². The Labute approximate surface area is 82.0 Å². The highest BCUT2D eigenvalue weighted by atomic mass is 16.5. The van der Waals surface area contributed by atoms with E-state index in [4.69, 9.17) is 4.52 Å². The van der Waals surface area contributed by atoms with Gasteiger partial charge in [-0.15, -0.1) is 0 Å². The van der Waals surface area contributed by atoms with Crippen LogP contribution in [0.5, 0.6) is 0 Å². The summed E-state index contributed by atoms with van der Waals surface area (Å²) in [7, 11) is 0. The lowest BCUT2D eigenvalue weighted by Gasteiger charge is -2.00. The number of hydrogen-bond donors (Lipinski definition) is 1. The number of pyridine rings is 1. The molecule has 0 saturated heterocycles. The van der Waals surface area contributed by atoms with Crippen molar-refractivity contribution in [2.24, 2.45) is 0 Å². The van der Waals surface area contributed by atoms with Crippen LogP contribution in [-0.4, -0.2) is 10.1 Å². The van der Waals surface area contributed by atoms with Gasteiger partial charge in [0.2, 0.25) is 5.88 Å². The maximum atomic E-state index is 5.10. The Bertz CT molecular complexity index is 422. The lowest BCUT2D eigenvalue weighted by molar-refractivity contribution is 0.429. The lowest BCUT2D eigenvalue weighted by Crippen LogP contribution is -1.92. The highest BCUT2D eigenvalue weighted by Gasteiger charge is 2.07. The molecule has 2 heterocycles. The number of nitrogens with one attached hydrogen (secondary N) is 1. The van der Waals surface area contributed by atoms with E-state index in [2.05, 4.69) is 15.5 Å². The summed E-state index contributed by atoms with van der Waals surface area (Å²) >= 11 is 0. The number of aromatic nitrogens is 2. The lowest BCUT2D eigenvalue weighted by atomic mass is 10.3. The fourth-order valence-electron chi connectivity index (χ4n) is 1.08. The second kappa shape index (κ2) is 3.49. The third-order valence-electron chi connectivity index (χ3n) is 2.06. The Morgan fingerprint density at radius 1 is 1.29 bits per heavy atom. The molecule has 0 aliphatic carbocycles. The molecule has 0 aliphatic heterocycles. The van der Waals surface area contributed by atoms with Gasteiger partial charge in [-0.05, 0) is 26.0 Å². The molecule has 4 nitrogen and oxygen atoms in total. The summed E-state index contributed by atoms with van der Waals surface area (Å²) in [5.74, 6) is 1.41. The Hall–Kier alpha value is -1.84. The van der Waals surface area contributed by atoms with Crippen LogP contribution in [0.25, 0.3) is 0 Å². The molecule has 0 bridgehead atoms. The van der Waals surface area contributed by atoms with Gasteiger partial charge in [0.15, 0.2) is 0 Å². The molecule has 2 rings (SSSR count). The van der Waals surface area contributed by atoms with E-state index in [1.54, 1.807) is 6.20 Å². The minimum absolute atomic E-state index is 0.654. The van der Waals surface area contributed by atoms with Crippen LogP contribution in [0.4, 0.5) is 11.7 Å². The van der Waals surface area contributed by atoms with Crippen LogP contribution in [0.3, 0.4) is 0 Å². The summed E-state index contributed by atoms with van der Waals surface area (Å²) in [5.41, 5.74) is 1.90. The summed E-state index contributed by atoms with van der Waals surface area (Å²) < 4.78 is 5.10. The smallest absolute Gasteiger partial charge is 0.233 e. The number of hydrogen-bond acceptors (Lipinski definition) is 4. The first-order valence-electron chi connectivity index (χ1n) is 4.38. The molecule has 0 spiro atoms. The molecule has 72 valence electrons. The minimum atomic E-state index is 0.654. The van der Waals surface area contributed by atoms with E-state index in [0.717, 1.165) is 17.1 Å². The van der Waals surface area contributed by atoms with E-state index in [1.165, 1.54) is 0 Å². The third-order valence-corrected chi connectivity index (χ3v) is 2.06. The van der Waals surface area contributed by atoms with Crippen LogP contribution in [-0.2, 0) is 0 Å². The summed E-state index contributed by atoms with van der Waals surface area (Å²) in [4.78, 5) is 4.13. The summed E-state index contributed by atoms with van der Waals surface area (Å²) in [6.45, 7) is 3.86. The van der Waals surface area contributed by atoms with Crippen LogP contribution in [0.15, 0.2) is 28.9 Å². The van der Waals surface area contributed by atoms with Crippen LogP contribution in [0.2, 0.25) is 0 Å². The predicted octanol–water partition coefficient (Wildman–Crippen LogP) is 2.43. The van der Waals surface area contributed by atoms with Gasteiger partial charge in [0.05, 0.1) is 5.69 Å². The quantitative estimate of drug-likeness (QED) is 0.788. The maximum absolute atomic E-state index is 5.10. The van der Waals surface area contributed by atoms with E-state index >= 15 is 0 Å². The van der Waals surface area contributed by atoms with Gasteiger partial charge in [-0.1, -0.05) is 11.2 Å². The number of aryl methyl sites for hydroxylation is 1. The third kappa shape index (κ3) is 1.59. The highest BCUT2D eigenvalue weighted by Crippen LogP contribution is 2.20. The molecule has 2 aromatic heterocycles. The molecule has 0 fully saturated rings. The second-order valence-corrected chi connectivity index (χ2v) is 3.06. The molecule has 0 radical (unpaired) electrons. The molecule has 0 aromatic carbocycles. The summed E-state index contributed by atoms with van der Waals surface area (Å²) in [6.07, 6.45) is 1.72. The molecule has 2 aromatic rings. The zero-order valence-electron chi connectivity index (χ0n) is 8.11. The number of rotatable bonds is 2. The normalized spacial score (nSPS) is 10.1.